The lowest BCUT2D eigenvalue weighted by molar-refractivity contribution is -0.116. The number of hydrogen-bond donors (Lipinski definition) is 1. The van der Waals surface area contributed by atoms with Crippen LogP contribution >= 0.6 is 11.6 Å². The van der Waals surface area contributed by atoms with Gasteiger partial charge in [-0.1, -0.05) is 37.1 Å². The van der Waals surface area contributed by atoms with Crippen molar-refractivity contribution in [3.05, 3.63) is 59.1 Å². The number of carbonyl (C=O) groups excluding carboxylic acids is 1. The van der Waals surface area contributed by atoms with Crippen molar-refractivity contribution in [3.8, 4) is 0 Å². The average molecular weight is 381 g/mol. The molecule has 0 unspecified atom stereocenters. The third-order valence-corrected chi connectivity index (χ3v) is 5.73. The Morgan fingerprint density at radius 2 is 1.68 bits per heavy atom. The summed E-state index contributed by atoms with van der Waals surface area (Å²) in [4.78, 5) is 12.2. The lowest BCUT2D eigenvalue weighted by Crippen LogP contribution is -2.34. The quantitative estimate of drug-likeness (QED) is 0.798. The third kappa shape index (κ3) is 5.29. The molecule has 1 amide bonds. The zero-order valence-electron chi connectivity index (χ0n) is 14.2. The van der Waals surface area contributed by atoms with E-state index in [0.29, 0.717) is 10.7 Å². The minimum absolute atomic E-state index is 0.0936. The van der Waals surface area contributed by atoms with Gasteiger partial charge >= 0.3 is 0 Å². The van der Waals surface area contributed by atoms with Gasteiger partial charge in [0.05, 0.1) is 11.4 Å². The molecule has 0 radical (unpaired) electrons. The van der Waals surface area contributed by atoms with Crippen LogP contribution in [-0.4, -0.2) is 32.2 Å². The van der Waals surface area contributed by atoms with E-state index in [1.54, 1.807) is 0 Å². The molecule has 2 aromatic carbocycles. The molecule has 0 aliphatic carbocycles. The summed E-state index contributed by atoms with van der Waals surface area (Å²) in [6, 6.07) is 13.4. The topological polar surface area (TPSA) is 66.5 Å². The number of sulfonamides is 1. The monoisotopic (exact) mass is 380 g/mol. The van der Waals surface area contributed by atoms with E-state index in [9.17, 15) is 13.2 Å². The number of nitrogens with zero attached hydrogens (tertiary/aromatic N) is 1. The van der Waals surface area contributed by atoms with Crippen molar-refractivity contribution in [1.29, 1.82) is 0 Å². The standard InChI is InChI=1S/C18H21ClN2O3S/c1-3-4-14-5-9-16(10-6-14)20-18(22)13-21(2)25(23,24)17-11-7-15(19)8-12-17/h5-12H,3-4,13H2,1-2H3,(H,20,22). The van der Waals surface area contributed by atoms with E-state index in [2.05, 4.69) is 12.2 Å². The molecule has 0 aliphatic rings. The van der Waals surface area contributed by atoms with Gasteiger partial charge in [-0.25, -0.2) is 8.42 Å². The van der Waals surface area contributed by atoms with E-state index in [-0.39, 0.29) is 11.4 Å². The normalized spacial score (nSPS) is 11.5. The van der Waals surface area contributed by atoms with Crippen molar-refractivity contribution in [1.82, 2.24) is 4.31 Å². The van der Waals surface area contributed by atoms with Gasteiger partial charge in [-0.05, 0) is 48.4 Å². The number of carbonyl (C=O) groups is 1. The molecule has 0 atom stereocenters. The van der Waals surface area contributed by atoms with Gasteiger partial charge in [0, 0.05) is 17.8 Å². The lowest BCUT2D eigenvalue weighted by atomic mass is 10.1. The molecule has 134 valence electrons. The maximum absolute atomic E-state index is 12.5. The van der Waals surface area contributed by atoms with Crippen LogP contribution in [0.15, 0.2) is 53.4 Å². The van der Waals surface area contributed by atoms with Gasteiger partial charge < -0.3 is 5.32 Å². The van der Waals surface area contributed by atoms with Crippen molar-refractivity contribution in [2.45, 2.75) is 24.7 Å². The Labute approximate surface area is 153 Å². The fourth-order valence-electron chi connectivity index (χ4n) is 2.32. The molecular weight excluding hydrogens is 360 g/mol. The van der Waals surface area contributed by atoms with E-state index < -0.39 is 15.9 Å². The molecule has 0 heterocycles. The second-order valence-electron chi connectivity index (χ2n) is 5.71. The third-order valence-electron chi connectivity index (χ3n) is 3.66. The summed E-state index contributed by atoms with van der Waals surface area (Å²) in [5.41, 5.74) is 1.84. The van der Waals surface area contributed by atoms with E-state index >= 15 is 0 Å². The highest BCUT2D eigenvalue weighted by Gasteiger charge is 2.22. The second kappa shape index (κ2) is 8.47. The van der Waals surface area contributed by atoms with Crippen LogP contribution in [-0.2, 0) is 21.2 Å². The SMILES string of the molecule is CCCc1ccc(NC(=O)CN(C)S(=O)(=O)c2ccc(Cl)cc2)cc1. The summed E-state index contributed by atoms with van der Waals surface area (Å²) < 4.78 is 25.9. The van der Waals surface area contributed by atoms with Crippen molar-refractivity contribution in [2.75, 3.05) is 18.9 Å². The number of aryl methyl sites for hydroxylation is 1. The minimum atomic E-state index is -3.74. The molecule has 1 N–H and O–H groups in total. The molecule has 7 heteroatoms. The number of amides is 1. The summed E-state index contributed by atoms with van der Waals surface area (Å²) in [5.74, 6) is -0.400. The molecule has 0 aromatic heterocycles. The number of halogens is 1. The van der Waals surface area contributed by atoms with Crippen LogP contribution in [0.25, 0.3) is 0 Å². The maximum atomic E-state index is 12.5. The predicted molar refractivity (Wildman–Crippen MR) is 100 cm³/mol. The molecule has 2 rings (SSSR count). The Hall–Kier alpha value is -1.89. The molecule has 0 spiro atoms. The summed E-state index contributed by atoms with van der Waals surface area (Å²) in [7, 11) is -2.37. The van der Waals surface area contributed by atoms with E-state index in [4.69, 9.17) is 11.6 Å². The maximum Gasteiger partial charge on any atom is 0.243 e. The fraction of sp³-hybridized carbons (Fsp3) is 0.278. The molecule has 0 saturated carbocycles. The Morgan fingerprint density at radius 1 is 1.08 bits per heavy atom. The number of likely N-dealkylation sites (N-methyl/N-ethyl adjacent to an activating group) is 1. The van der Waals surface area contributed by atoms with Crippen LogP contribution in [0.1, 0.15) is 18.9 Å². The Morgan fingerprint density at radius 3 is 2.24 bits per heavy atom. The molecule has 0 fully saturated rings. The smallest absolute Gasteiger partial charge is 0.243 e. The van der Waals surface area contributed by atoms with Gasteiger partial charge in [0.1, 0.15) is 0 Å². The zero-order chi connectivity index (χ0) is 18.4. The summed E-state index contributed by atoms with van der Waals surface area (Å²) in [6.07, 6.45) is 2.04. The van der Waals surface area contributed by atoms with Crippen molar-refractivity contribution in [2.24, 2.45) is 0 Å². The van der Waals surface area contributed by atoms with Gasteiger partial charge in [0.25, 0.3) is 0 Å². The Bertz CT molecular complexity index is 818. The van der Waals surface area contributed by atoms with Gasteiger partial charge in [-0.15, -0.1) is 0 Å². The fourth-order valence-corrected chi connectivity index (χ4v) is 3.57. The second-order valence-corrected chi connectivity index (χ2v) is 8.19. The van der Waals surface area contributed by atoms with Crippen LogP contribution in [0, 0.1) is 0 Å². The molecular formula is C18H21ClN2O3S. The number of anilines is 1. The van der Waals surface area contributed by atoms with E-state index in [0.717, 1.165) is 17.1 Å². The van der Waals surface area contributed by atoms with Crippen LogP contribution < -0.4 is 5.32 Å². The van der Waals surface area contributed by atoms with Crippen LogP contribution in [0.5, 0.6) is 0 Å². The van der Waals surface area contributed by atoms with Gasteiger partial charge in [0.15, 0.2) is 0 Å². The first-order valence-electron chi connectivity index (χ1n) is 7.93. The lowest BCUT2D eigenvalue weighted by Gasteiger charge is -2.17. The van der Waals surface area contributed by atoms with Crippen molar-refractivity contribution >= 4 is 33.2 Å². The zero-order valence-corrected chi connectivity index (χ0v) is 15.8. The number of benzene rings is 2. The van der Waals surface area contributed by atoms with Crippen molar-refractivity contribution in [3.63, 3.8) is 0 Å². The first-order chi connectivity index (χ1) is 11.8. The molecule has 0 bridgehead atoms. The average Bonchev–Trinajstić information content (AvgIpc) is 2.57. The molecule has 2 aromatic rings. The highest BCUT2D eigenvalue weighted by molar-refractivity contribution is 7.89. The molecule has 0 aliphatic heterocycles. The summed E-state index contributed by atoms with van der Waals surface area (Å²) >= 11 is 5.77. The molecule has 5 nitrogen and oxygen atoms in total. The largest absolute Gasteiger partial charge is 0.325 e. The number of nitrogens with one attached hydrogen (secondary N) is 1. The van der Waals surface area contributed by atoms with E-state index in [1.165, 1.54) is 36.9 Å². The van der Waals surface area contributed by atoms with E-state index in [1.807, 2.05) is 24.3 Å². The van der Waals surface area contributed by atoms with Gasteiger partial charge in [-0.3, -0.25) is 4.79 Å². The molecule has 0 saturated heterocycles. The summed E-state index contributed by atoms with van der Waals surface area (Å²) in [5, 5.41) is 3.16. The van der Waals surface area contributed by atoms with Gasteiger partial charge in [0.2, 0.25) is 15.9 Å². The first kappa shape index (κ1) is 19.4. The minimum Gasteiger partial charge on any atom is -0.325 e. The first-order valence-corrected chi connectivity index (χ1v) is 9.75. The summed E-state index contributed by atoms with van der Waals surface area (Å²) in [6.45, 7) is 1.83. The Balaban J connectivity index is 2.00. The Kier molecular flexibility index (Phi) is 6.58. The van der Waals surface area contributed by atoms with Crippen molar-refractivity contribution < 1.29 is 13.2 Å². The highest BCUT2D eigenvalue weighted by atomic mass is 35.5. The molecule has 25 heavy (non-hydrogen) atoms. The predicted octanol–water partition coefficient (Wildman–Crippen LogP) is 3.55. The highest BCUT2D eigenvalue weighted by Crippen LogP contribution is 2.17. The van der Waals surface area contributed by atoms with Crippen LogP contribution in [0.3, 0.4) is 0 Å². The van der Waals surface area contributed by atoms with Gasteiger partial charge in [-0.2, -0.15) is 4.31 Å². The van der Waals surface area contributed by atoms with Crippen LogP contribution in [0.4, 0.5) is 5.69 Å². The number of hydrogen-bond acceptors (Lipinski definition) is 3. The van der Waals surface area contributed by atoms with Crippen LogP contribution in [0.2, 0.25) is 5.02 Å². The number of rotatable bonds is 7.